The van der Waals surface area contributed by atoms with Crippen LogP contribution in [0.1, 0.15) is 72.0 Å². The van der Waals surface area contributed by atoms with E-state index in [1.165, 1.54) is 0 Å². The van der Waals surface area contributed by atoms with Gasteiger partial charge in [-0.15, -0.1) is 0 Å². The summed E-state index contributed by atoms with van der Waals surface area (Å²) >= 11 is 0. The molecule has 2 rings (SSSR count). The first kappa shape index (κ1) is 25.8. The summed E-state index contributed by atoms with van der Waals surface area (Å²) in [6, 6.07) is 0. The molecular formula is C23H40N6O3. The van der Waals surface area contributed by atoms with Crippen LogP contribution in [0.5, 0.6) is 0 Å². The molecule has 0 radical (unpaired) electrons. The zero-order chi connectivity index (χ0) is 23.5. The molecule has 32 heavy (non-hydrogen) atoms. The van der Waals surface area contributed by atoms with E-state index in [0.717, 1.165) is 51.7 Å². The topological polar surface area (TPSA) is 105 Å². The van der Waals surface area contributed by atoms with Gasteiger partial charge in [-0.1, -0.05) is 47.0 Å². The second-order valence-electron chi connectivity index (χ2n) is 8.20. The lowest BCUT2D eigenvalue weighted by atomic mass is 10.2. The van der Waals surface area contributed by atoms with Crippen molar-refractivity contribution in [3.05, 3.63) is 26.7 Å². The maximum Gasteiger partial charge on any atom is 0.330 e. The normalized spacial score (nSPS) is 11.5. The first-order valence-corrected chi connectivity index (χ1v) is 12.2. The number of hydrogen-bond donors (Lipinski definition) is 2. The SMILES string of the molecule is CCCCCn1c(CCC(=O)NCCN(CC)CC)nc2c1c(=O)[nH]c(=O)n2CCCC. The molecule has 0 spiro atoms. The smallest absolute Gasteiger partial charge is 0.330 e. The van der Waals surface area contributed by atoms with Crippen molar-refractivity contribution in [1.29, 1.82) is 0 Å². The van der Waals surface area contributed by atoms with Crippen LogP contribution < -0.4 is 16.6 Å². The Kier molecular flexibility index (Phi) is 10.7. The molecule has 0 saturated carbocycles. The lowest BCUT2D eigenvalue weighted by Crippen LogP contribution is -2.34. The molecular weight excluding hydrogens is 408 g/mol. The number of imidazole rings is 1. The van der Waals surface area contributed by atoms with Gasteiger partial charge in [-0.3, -0.25) is 19.1 Å². The number of aromatic nitrogens is 4. The Balaban J connectivity index is 2.24. The largest absolute Gasteiger partial charge is 0.355 e. The summed E-state index contributed by atoms with van der Waals surface area (Å²) in [5, 5.41) is 2.98. The minimum absolute atomic E-state index is 0.0263. The molecule has 2 aromatic heterocycles. The fourth-order valence-corrected chi connectivity index (χ4v) is 3.90. The maximum atomic E-state index is 12.7. The van der Waals surface area contributed by atoms with Gasteiger partial charge in [0.25, 0.3) is 5.56 Å². The van der Waals surface area contributed by atoms with E-state index in [-0.39, 0.29) is 5.91 Å². The van der Waals surface area contributed by atoms with E-state index in [2.05, 4.69) is 42.9 Å². The second-order valence-corrected chi connectivity index (χ2v) is 8.20. The highest BCUT2D eigenvalue weighted by atomic mass is 16.2. The van der Waals surface area contributed by atoms with Crippen LogP contribution in [0.2, 0.25) is 0 Å². The Labute approximate surface area is 190 Å². The van der Waals surface area contributed by atoms with Crippen molar-refractivity contribution < 1.29 is 4.79 Å². The number of aromatic amines is 1. The Morgan fingerprint density at radius 2 is 1.69 bits per heavy atom. The standard InChI is InChI=1S/C23H40N6O3/c1-5-9-11-16-28-18(12-13-19(30)24-14-17-27(7-3)8-4)25-21-20(28)22(31)26-23(32)29(21)15-10-6-2/h5-17H2,1-4H3,(H,24,30)(H,26,31,32). The maximum absolute atomic E-state index is 12.7. The average Bonchev–Trinajstić information content (AvgIpc) is 3.14. The Morgan fingerprint density at radius 3 is 2.34 bits per heavy atom. The van der Waals surface area contributed by atoms with Gasteiger partial charge in [-0.05, 0) is 25.9 Å². The van der Waals surface area contributed by atoms with Crippen LogP contribution in [-0.2, 0) is 24.3 Å². The number of aryl methyl sites for hydroxylation is 3. The highest BCUT2D eigenvalue weighted by Gasteiger charge is 2.19. The van der Waals surface area contributed by atoms with E-state index in [9.17, 15) is 14.4 Å². The van der Waals surface area contributed by atoms with Crippen molar-refractivity contribution in [2.75, 3.05) is 26.2 Å². The van der Waals surface area contributed by atoms with Crippen LogP contribution in [0.15, 0.2) is 9.59 Å². The third-order valence-electron chi connectivity index (χ3n) is 5.91. The fraction of sp³-hybridized carbons (Fsp3) is 0.739. The van der Waals surface area contributed by atoms with Gasteiger partial charge in [0.2, 0.25) is 5.91 Å². The molecule has 0 saturated heterocycles. The van der Waals surface area contributed by atoms with Crippen molar-refractivity contribution in [3.63, 3.8) is 0 Å². The third-order valence-corrected chi connectivity index (χ3v) is 5.91. The zero-order valence-electron chi connectivity index (χ0n) is 20.2. The summed E-state index contributed by atoms with van der Waals surface area (Å²) < 4.78 is 3.47. The summed E-state index contributed by atoms with van der Waals surface area (Å²) in [6.45, 7) is 12.9. The number of hydrogen-bond acceptors (Lipinski definition) is 5. The van der Waals surface area contributed by atoms with E-state index in [1.807, 2.05) is 4.57 Å². The van der Waals surface area contributed by atoms with E-state index in [4.69, 9.17) is 4.98 Å². The number of nitrogens with zero attached hydrogens (tertiary/aromatic N) is 4. The third kappa shape index (κ3) is 6.79. The molecule has 0 bridgehead atoms. The van der Waals surface area contributed by atoms with Crippen molar-refractivity contribution >= 4 is 17.1 Å². The fourth-order valence-electron chi connectivity index (χ4n) is 3.90. The molecule has 9 heteroatoms. The number of carbonyl (C=O) groups excluding carboxylic acids is 1. The van der Waals surface area contributed by atoms with Crippen LogP contribution in [0, 0.1) is 0 Å². The number of likely N-dealkylation sites (N-methyl/N-ethyl adjacent to an activating group) is 1. The van der Waals surface area contributed by atoms with Gasteiger partial charge in [0.15, 0.2) is 11.2 Å². The Morgan fingerprint density at radius 1 is 1.00 bits per heavy atom. The molecule has 0 aliphatic rings. The summed E-state index contributed by atoms with van der Waals surface area (Å²) in [5.74, 6) is 0.665. The number of nitrogens with one attached hydrogen (secondary N) is 2. The van der Waals surface area contributed by atoms with Crippen LogP contribution in [-0.4, -0.2) is 56.1 Å². The van der Waals surface area contributed by atoms with E-state index in [0.29, 0.717) is 49.5 Å². The van der Waals surface area contributed by atoms with E-state index >= 15 is 0 Å². The highest BCUT2D eigenvalue weighted by molar-refractivity contribution is 5.76. The van der Waals surface area contributed by atoms with Crippen LogP contribution in [0.25, 0.3) is 11.2 Å². The molecule has 0 atom stereocenters. The summed E-state index contributed by atoms with van der Waals surface area (Å²) in [6.07, 6.45) is 5.51. The number of fused-ring (bicyclic) bond motifs is 1. The van der Waals surface area contributed by atoms with Crippen molar-refractivity contribution in [1.82, 2.24) is 29.3 Å². The van der Waals surface area contributed by atoms with E-state index in [1.54, 1.807) is 4.57 Å². The predicted molar refractivity (Wildman–Crippen MR) is 128 cm³/mol. The lowest BCUT2D eigenvalue weighted by molar-refractivity contribution is -0.121. The van der Waals surface area contributed by atoms with Crippen LogP contribution >= 0.6 is 0 Å². The average molecular weight is 449 g/mol. The number of amides is 1. The second kappa shape index (κ2) is 13.2. The monoisotopic (exact) mass is 448 g/mol. The molecule has 0 fully saturated rings. The van der Waals surface area contributed by atoms with Gasteiger partial charge in [-0.25, -0.2) is 9.78 Å². The zero-order valence-corrected chi connectivity index (χ0v) is 20.2. The number of carbonyl (C=O) groups is 1. The van der Waals surface area contributed by atoms with Gasteiger partial charge in [0.05, 0.1) is 0 Å². The summed E-state index contributed by atoms with van der Waals surface area (Å²) in [7, 11) is 0. The molecule has 9 nitrogen and oxygen atoms in total. The quantitative estimate of drug-likeness (QED) is 0.407. The van der Waals surface area contributed by atoms with Gasteiger partial charge in [-0.2, -0.15) is 0 Å². The number of H-pyrrole nitrogens is 1. The highest BCUT2D eigenvalue weighted by Crippen LogP contribution is 2.15. The molecule has 0 aliphatic heterocycles. The minimum Gasteiger partial charge on any atom is -0.355 e. The van der Waals surface area contributed by atoms with Gasteiger partial charge < -0.3 is 14.8 Å². The molecule has 180 valence electrons. The summed E-state index contributed by atoms with van der Waals surface area (Å²) in [5.41, 5.74) is 0.0425. The molecule has 2 N–H and O–H groups in total. The minimum atomic E-state index is -0.421. The molecule has 2 aromatic rings. The molecule has 0 unspecified atom stereocenters. The molecule has 0 aliphatic carbocycles. The molecule has 2 heterocycles. The van der Waals surface area contributed by atoms with Crippen molar-refractivity contribution in [3.8, 4) is 0 Å². The van der Waals surface area contributed by atoms with E-state index < -0.39 is 11.2 Å². The lowest BCUT2D eigenvalue weighted by Gasteiger charge is -2.17. The first-order valence-electron chi connectivity index (χ1n) is 12.2. The Bertz CT molecular complexity index is 970. The van der Waals surface area contributed by atoms with Crippen molar-refractivity contribution in [2.45, 2.75) is 85.7 Å². The predicted octanol–water partition coefficient (Wildman–Crippen LogP) is 2.27. The van der Waals surface area contributed by atoms with Gasteiger partial charge in [0.1, 0.15) is 5.82 Å². The molecule has 0 aromatic carbocycles. The van der Waals surface area contributed by atoms with Gasteiger partial charge in [0, 0.05) is 39.0 Å². The van der Waals surface area contributed by atoms with Crippen LogP contribution in [0.4, 0.5) is 0 Å². The summed E-state index contributed by atoms with van der Waals surface area (Å²) in [4.78, 5) is 46.9. The number of unbranched alkanes of at least 4 members (excludes halogenated alkanes) is 3. The Hall–Kier alpha value is -2.42. The first-order chi connectivity index (χ1) is 15.5. The number of rotatable bonds is 15. The van der Waals surface area contributed by atoms with Gasteiger partial charge >= 0.3 is 5.69 Å². The van der Waals surface area contributed by atoms with Crippen LogP contribution in [0.3, 0.4) is 0 Å². The van der Waals surface area contributed by atoms with Crippen molar-refractivity contribution in [2.24, 2.45) is 0 Å². The molecule has 1 amide bonds.